The molecule has 0 saturated carbocycles. The average Bonchev–Trinajstić information content (AvgIpc) is 2.97. The first-order valence-electron chi connectivity index (χ1n) is 13.0. The number of nitrogens with zero attached hydrogens (tertiary/aromatic N) is 3. The van der Waals surface area contributed by atoms with E-state index >= 15 is 0 Å². The summed E-state index contributed by atoms with van der Waals surface area (Å²) in [6.07, 6.45) is 0. The summed E-state index contributed by atoms with van der Waals surface area (Å²) in [5.41, 5.74) is 2.01. The fourth-order valence-electron chi connectivity index (χ4n) is 4.37. The van der Waals surface area contributed by atoms with E-state index in [2.05, 4.69) is 30.6 Å². The van der Waals surface area contributed by atoms with Gasteiger partial charge in [0.15, 0.2) is 11.6 Å². The Morgan fingerprint density at radius 1 is 0.878 bits per heavy atom. The SMILES string of the molecule is COc1cc(Nc2nc3ccccc3nc2NS(=O)(=O)c2cccc(NC(=O)CN3CCNCC3)c2)cc(OC)c1. The highest BCUT2D eigenvalue weighted by Gasteiger charge is 2.21. The lowest BCUT2D eigenvalue weighted by Crippen LogP contribution is -2.46. The van der Waals surface area contributed by atoms with Crippen LogP contribution in [0.3, 0.4) is 0 Å². The van der Waals surface area contributed by atoms with E-state index in [1.54, 1.807) is 48.5 Å². The Hall–Kier alpha value is -4.46. The summed E-state index contributed by atoms with van der Waals surface area (Å²) in [7, 11) is -1.05. The van der Waals surface area contributed by atoms with E-state index in [4.69, 9.17) is 9.47 Å². The van der Waals surface area contributed by atoms with Gasteiger partial charge in [-0.15, -0.1) is 0 Å². The molecular formula is C28H31N7O5S. The monoisotopic (exact) mass is 577 g/mol. The summed E-state index contributed by atoms with van der Waals surface area (Å²) < 4.78 is 40.3. The number of carbonyl (C=O) groups excluding carboxylic acids is 1. The summed E-state index contributed by atoms with van der Waals surface area (Å²) in [4.78, 5) is 23.8. The number of hydrogen-bond donors (Lipinski definition) is 4. The number of carbonyl (C=O) groups is 1. The lowest BCUT2D eigenvalue weighted by molar-refractivity contribution is -0.117. The van der Waals surface area contributed by atoms with Gasteiger partial charge < -0.3 is 25.4 Å². The van der Waals surface area contributed by atoms with Crippen molar-refractivity contribution in [2.75, 3.05) is 62.3 Å². The molecule has 1 aliphatic rings. The Kier molecular flexibility index (Phi) is 8.47. The van der Waals surface area contributed by atoms with Crippen LogP contribution in [-0.2, 0) is 14.8 Å². The molecule has 214 valence electrons. The van der Waals surface area contributed by atoms with Crippen LogP contribution in [0.1, 0.15) is 0 Å². The van der Waals surface area contributed by atoms with Crippen molar-refractivity contribution in [3.63, 3.8) is 0 Å². The number of rotatable bonds is 10. The molecule has 0 bridgehead atoms. The van der Waals surface area contributed by atoms with Crippen LogP contribution >= 0.6 is 0 Å². The Balaban J connectivity index is 1.41. The van der Waals surface area contributed by atoms with Crippen molar-refractivity contribution in [1.82, 2.24) is 20.2 Å². The molecule has 13 heteroatoms. The summed E-state index contributed by atoms with van der Waals surface area (Å²) in [6, 6.07) is 18.4. The summed E-state index contributed by atoms with van der Waals surface area (Å²) in [5.74, 6) is 1.05. The van der Waals surface area contributed by atoms with Crippen LogP contribution in [0.4, 0.5) is 23.0 Å². The maximum Gasteiger partial charge on any atom is 0.263 e. The molecule has 1 fully saturated rings. The minimum absolute atomic E-state index is 0.00127. The van der Waals surface area contributed by atoms with E-state index < -0.39 is 10.0 Å². The molecule has 0 radical (unpaired) electrons. The molecule has 0 aliphatic carbocycles. The number of fused-ring (bicyclic) bond motifs is 1. The number of hydrogen-bond acceptors (Lipinski definition) is 10. The summed E-state index contributed by atoms with van der Waals surface area (Å²) >= 11 is 0. The van der Waals surface area contributed by atoms with Gasteiger partial charge in [0.05, 0.1) is 36.7 Å². The van der Waals surface area contributed by atoms with E-state index in [9.17, 15) is 13.2 Å². The number of anilines is 4. The predicted molar refractivity (Wildman–Crippen MR) is 158 cm³/mol. The van der Waals surface area contributed by atoms with Crippen molar-refractivity contribution in [2.24, 2.45) is 0 Å². The second kappa shape index (κ2) is 12.4. The maximum atomic E-state index is 13.5. The molecule has 5 rings (SSSR count). The lowest BCUT2D eigenvalue weighted by atomic mass is 10.2. The van der Waals surface area contributed by atoms with Gasteiger partial charge in [0.25, 0.3) is 10.0 Å². The number of aromatic nitrogens is 2. The van der Waals surface area contributed by atoms with Gasteiger partial charge in [-0.05, 0) is 30.3 Å². The molecular weight excluding hydrogens is 546 g/mol. The number of amides is 1. The lowest BCUT2D eigenvalue weighted by Gasteiger charge is -2.26. The second-order valence-electron chi connectivity index (χ2n) is 9.34. The molecule has 41 heavy (non-hydrogen) atoms. The highest BCUT2D eigenvalue weighted by molar-refractivity contribution is 7.92. The Labute approximate surface area is 238 Å². The van der Waals surface area contributed by atoms with Crippen molar-refractivity contribution < 1.29 is 22.7 Å². The van der Waals surface area contributed by atoms with E-state index in [-0.39, 0.29) is 29.0 Å². The smallest absolute Gasteiger partial charge is 0.263 e. The molecule has 3 aromatic carbocycles. The van der Waals surface area contributed by atoms with E-state index in [0.29, 0.717) is 33.9 Å². The number of nitrogens with one attached hydrogen (secondary N) is 4. The molecule has 0 unspecified atom stereocenters. The first kappa shape index (κ1) is 28.1. The summed E-state index contributed by atoms with van der Waals surface area (Å²) in [5, 5.41) is 9.18. The number of piperazine rings is 1. The van der Waals surface area contributed by atoms with Crippen LogP contribution < -0.4 is 30.1 Å². The van der Waals surface area contributed by atoms with Gasteiger partial charge in [-0.3, -0.25) is 14.4 Å². The molecule has 1 saturated heterocycles. The Morgan fingerprint density at radius 3 is 2.20 bits per heavy atom. The van der Waals surface area contributed by atoms with Crippen molar-refractivity contribution in [3.8, 4) is 11.5 Å². The molecule has 0 atom stereocenters. The molecule has 2 heterocycles. The average molecular weight is 578 g/mol. The molecule has 4 aromatic rings. The Bertz CT molecular complexity index is 1640. The highest BCUT2D eigenvalue weighted by atomic mass is 32.2. The van der Waals surface area contributed by atoms with Crippen LogP contribution in [-0.4, -0.2) is 76.1 Å². The number of methoxy groups -OCH3 is 2. The van der Waals surface area contributed by atoms with Gasteiger partial charge >= 0.3 is 0 Å². The highest BCUT2D eigenvalue weighted by Crippen LogP contribution is 2.31. The normalized spacial score (nSPS) is 13.9. The van der Waals surface area contributed by atoms with Crippen LogP contribution in [0.5, 0.6) is 11.5 Å². The van der Waals surface area contributed by atoms with E-state index in [0.717, 1.165) is 26.2 Å². The quantitative estimate of drug-likeness (QED) is 0.222. The molecule has 12 nitrogen and oxygen atoms in total. The van der Waals surface area contributed by atoms with Gasteiger partial charge in [-0.25, -0.2) is 18.4 Å². The van der Waals surface area contributed by atoms with E-state index in [1.807, 2.05) is 11.0 Å². The van der Waals surface area contributed by atoms with Crippen LogP contribution in [0, 0.1) is 0 Å². The number of ether oxygens (including phenoxy) is 2. The predicted octanol–water partition coefficient (Wildman–Crippen LogP) is 3.04. The Morgan fingerprint density at radius 2 is 1.54 bits per heavy atom. The van der Waals surface area contributed by atoms with Gasteiger partial charge in [0, 0.05) is 55.8 Å². The minimum atomic E-state index is -4.12. The maximum absolute atomic E-state index is 13.5. The third kappa shape index (κ3) is 7.01. The van der Waals surface area contributed by atoms with Crippen molar-refractivity contribution in [1.29, 1.82) is 0 Å². The number of para-hydroxylation sites is 2. The van der Waals surface area contributed by atoms with Crippen molar-refractivity contribution in [2.45, 2.75) is 4.90 Å². The second-order valence-corrected chi connectivity index (χ2v) is 11.0. The minimum Gasteiger partial charge on any atom is -0.497 e. The first-order chi connectivity index (χ1) is 19.8. The third-order valence-corrected chi connectivity index (χ3v) is 7.76. The molecule has 0 spiro atoms. The van der Waals surface area contributed by atoms with E-state index in [1.165, 1.54) is 26.4 Å². The standard InChI is InChI=1S/C28H31N7O5S/c1-39-21-14-20(15-22(17-21)40-2)31-27-28(33-25-9-4-3-8-24(25)32-27)34-41(37,38)23-7-5-6-19(16-23)30-26(36)18-35-12-10-29-11-13-35/h3-9,14-17,29H,10-13,18H2,1-2H3,(H,30,36)(H,31,32)(H,33,34). The fraction of sp³-hybridized carbons (Fsp3) is 0.250. The van der Waals surface area contributed by atoms with Gasteiger partial charge in [0.1, 0.15) is 11.5 Å². The third-order valence-electron chi connectivity index (χ3n) is 6.42. The zero-order valence-corrected chi connectivity index (χ0v) is 23.5. The first-order valence-corrected chi connectivity index (χ1v) is 14.4. The zero-order valence-electron chi connectivity index (χ0n) is 22.7. The van der Waals surface area contributed by atoms with Gasteiger partial charge in [-0.1, -0.05) is 18.2 Å². The molecule has 1 amide bonds. The van der Waals surface area contributed by atoms with Crippen LogP contribution in [0.25, 0.3) is 11.0 Å². The van der Waals surface area contributed by atoms with Crippen molar-refractivity contribution >= 4 is 50.0 Å². The van der Waals surface area contributed by atoms with Crippen LogP contribution in [0.2, 0.25) is 0 Å². The largest absolute Gasteiger partial charge is 0.497 e. The van der Waals surface area contributed by atoms with Gasteiger partial charge in [0.2, 0.25) is 5.91 Å². The number of benzene rings is 3. The van der Waals surface area contributed by atoms with Crippen molar-refractivity contribution in [3.05, 3.63) is 66.7 Å². The number of sulfonamides is 1. The topological polar surface area (TPSA) is 147 Å². The molecule has 1 aliphatic heterocycles. The fourth-order valence-corrected chi connectivity index (χ4v) is 5.43. The van der Waals surface area contributed by atoms with Crippen LogP contribution in [0.15, 0.2) is 71.6 Å². The molecule has 4 N–H and O–H groups in total. The van der Waals surface area contributed by atoms with Gasteiger partial charge in [-0.2, -0.15) is 0 Å². The molecule has 1 aromatic heterocycles. The zero-order chi connectivity index (χ0) is 28.8. The summed E-state index contributed by atoms with van der Waals surface area (Å²) in [6.45, 7) is 3.43.